The van der Waals surface area contributed by atoms with Gasteiger partial charge in [0, 0.05) is 0 Å². The van der Waals surface area contributed by atoms with Crippen molar-refractivity contribution in [2.24, 2.45) is 0 Å². The van der Waals surface area contributed by atoms with E-state index in [-0.39, 0.29) is 23.7 Å². The van der Waals surface area contributed by atoms with E-state index in [2.05, 4.69) is 19.6 Å². The van der Waals surface area contributed by atoms with Gasteiger partial charge in [0.2, 0.25) is 5.75 Å². The normalized spacial score (nSPS) is 9.64. The molecule has 0 saturated heterocycles. The van der Waals surface area contributed by atoms with Crippen molar-refractivity contribution in [1.29, 1.82) is 0 Å². The van der Waals surface area contributed by atoms with Gasteiger partial charge in [-0.2, -0.15) is 0 Å². The first-order chi connectivity index (χ1) is 10.6. The second-order valence-corrected chi connectivity index (χ2v) is 3.59. The summed E-state index contributed by atoms with van der Waals surface area (Å²) in [5.74, 6) is -0.334. The third-order valence-corrected chi connectivity index (χ3v) is 2.40. The van der Waals surface area contributed by atoms with E-state index >= 15 is 0 Å². The molecule has 0 aliphatic carbocycles. The van der Waals surface area contributed by atoms with Gasteiger partial charge in [-0.25, -0.2) is 14.5 Å². The Labute approximate surface area is 126 Å². The van der Waals surface area contributed by atoms with Crippen molar-refractivity contribution in [3.05, 3.63) is 17.7 Å². The lowest BCUT2D eigenvalue weighted by Gasteiger charge is -2.14. The van der Waals surface area contributed by atoms with Crippen molar-refractivity contribution in [2.45, 2.75) is 6.92 Å². The minimum atomic E-state index is -1.14. The van der Waals surface area contributed by atoms with E-state index in [1.54, 1.807) is 6.92 Å². The first-order valence-electron chi connectivity index (χ1n) is 6.10. The summed E-state index contributed by atoms with van der Waals surface area (Å²) < 4.78 is 19.7. The van der Waals surface area contributed by atoms with Gasteiger partial charge in [0.1, 0.15) is 5.56 Å². The second kappa shape index (κ2) is 8.57. The van der Waals surface area contributed by atoms with E-state index in [0.717, 1.165) is 0 Å². The van der Waals surface area contributed by atoms with Gasteiger partial charge in [0.25, 0.3) is 0 Å². The topological polar surface area (TPSA) is 98.8 Å². The molecule has 9 heteroatoms. The molecule has 0 atom stereocenters. The van der Waals surface area contributed by atoms with Crippen molar-refractivity contribution < 1.29 is 43.3 Å². The molecule has 22 heavy (non-hydrogen) atoms. The maximum atomic E-state index is 11.9. The average molecular weight is 316 g/mol. The van der Waals surface area contributed by atoms with Gasteiger partial charge < -0.3 is 18.9 Å². The van der Waals surface area contributed by atoms with Crippen LogP contribution in [0.2, 0.25) is 0 Å². The Morgan fingerprint density at radius 3 is 2.18 bits per heavy atom. The number of carbonyl (C=O) groups excluding carboxylic acids is 2. The number of benzene rings is 1. The van der Waals surface area contributed by atoms with E-state index in [1.807, 2.05) is 0 Å². The lowest BCUT2D eigenvalue weighted by atomic mass is 10.1. The third kappa shape index (κ3) is 4.16. The average Bonchev–Trinajstić information content (AvgIpc) is 2.53. The first kappa shape index (κ1) is 17.4. The number of carbonyl (C=O) groups is 2. The van der Waals surface area contributed by atoms with Gasteiger partial charge in [0.05, 0.1) is 33.0 Å². The quantitative estimate of drug-likeness (QED) is 0.424. The van der Waals surface area contributed by atoms with Gasteiger partial charge in [-0.15, -0.1) is 0 Å². The van der Waals surface area contributed by atoms with Crippen molar-refractivity contribution in [1.82, 2.24) is 0 Å². The molecule has 1 aromatic rings. The van der Waals surface area contributed by atoms with Crippen molar-refractivity contribution in [3.63, 3.8) is 0 Å². The summed E-state index contributed by atoms with van der Waals surface area (Å²) >= 11 is 0. The Bertz CT molecular complexity index is 526. The van der Waals surface area contributed by atoms with Crippen molar-refractivity contribution in [2.75, 3.05) is 27.9 Å². The molecule has 0 unspecified atom stereocenters. The van der Waals surface area contributed by atoms with Gasteiger partial charge in [0.15, 0.2) is 11.5 Å². The Morgan fingerprint density at radius 2 is 1.64 bits per heavy atom. The third-order valence-electron chi connectivity index (χ3n) is 2.40. The molecule has 0 spiro atoms. The van der Waals surface area contributed by atoms with Crippen molar-refractivity contribution >= 4 is 12.1 Å². The summed E-state index contributed by atoms with van der Waals surface area (Å²) in [6.45, 7) is 1.65. The molecule has 0 N–H and O–H groups in total. The van der Waals surface area contributed by atoms with E-state index < -0.39 is 12.1 Å². The SMILES string of the molecule is CCOC(=O)OOOC(=O)c1ccc(OC)c(OC)c1OC. The zero-order valence-corrected chi connectivity index (χ0v) is 12.5. The Balaban J connectivity index is 2.83. The molecule has 0 aromatic heterocycles. The minimum Gasteiger partial charge on any atom is -0.493 e. The zero-order valence-electron chi connectivity index (χ0n) is 12.5. The molecule has 0 aliphatic heterocycles. The maximum Gasteiger partial charge on any atom is 0.543 e. The molecule has 0 aliphatic rings. The zero-order chi connectivity index (χ0) is 16.5. The molecule has 0 heterocycles. The van der Waals surface area contributed by atoms with Gasteiger partial charge >= 0.3 is 12.1 Å². The van der Waals surface area contributed by atoms with Crippen LogP contribution in [-0.2, 0) is 19.6 Å². The fourth-order valence-corrected chi connectivity index (χ4v) is 1.52. The van der Waals surface area contributed by atoms with Crippen LogP contribution in [0.3, 0.4) is 0 Å². The Hall–Kier alpha value is -2.68. The minimum absolute atomic E-state index is 0.0207. The Kier molecular flexibility index (Phi) is 6.77. The van der Waals surface area contributed by atoms with Crippen LogP contribution in [0.25, 0.3) is 0 Å². The van der Waals surface area contributed by atoms with Crippen LogP contribution in [0.5, 0.6) is 17.2 Å². The number of hydrogen-bond donors (Lipinski definition) is 0. The summed E-state index contributed by atoms with van der Waals surface area (Å²) in [5.41, 5.74) is -0.0207. The van der Waals surface area contributed by atoms with E-state index in [4.69, 9.17) is 14.2 Å². The summed E-state index contributed by atoms with van der Waals surface area (Å²) in [7, 11) is 4.16. The second-order valence-electron chi connectivity index (χ2n) is 3.59. The van der Waals surface area contributed by atoms with Crippen molar-refractivity contribution in [3.8, 4) is 17.2 Å². The molecular weight excluding hydrogens is 300 g/mol. The van der Waals surface area contributed by atoms with E-state index in [1.165, 1.54) is 33.5 Å². The molecule has 122 valence electrons. The highest BCUT2D eigenvalue weighted by Crippen LogP contribution is 2.39. The summed E-state index contributed by atoms with van der Waals surface area (Å²) in [4.78, 5) is 31.1. The predicted octanol–water partition coefficient (Wildman–Crippen LogP) is 1.89. The number of hydrogen-bond acceptors (Lipinski definition) is 9. The molecule has 0 saturated carbocycles. The van der Waals surface area contributed by atoms with Gasteiger partial charge in [-0.05, 0) is 19.1 Å². The smallest absolute Gasteiger partial charge is 0.493 e. The lowest BCUT2D eigenvalue weighted by Crippen LogP contribution is -2.13. The molecule has 0 bridgehead atoms. The Morgan fingerprint density at radius 1 is 0.955 bits per heavy atom. The molecule has 9 nitrogen and oxygen atoms in total. The largest absolute Gasteiger partial charge is 0.543 e. The van der Waals surface area contributed by atoms with Crippen LogP contribution >= 0.6 is 0 Å². The highest BCUT2D eigenvalue weighted by atomic mass is 17.5. The van der Waals surface area contributed by atoms with Crippen LogP contribution in [0.4, 0.5) is 4.79 Å². The molecule has 0 fully saturated rings. The highest BCUT2D eigenvalue weighted by Gasteiger charge is 2.23. The van der Waals surface area contributed by atoms with Crippen LogP contribution in [-0.4, -0.2) is 40.1 Å². The number of rotatable bonds is 7. The molecule has 0 amide bonds. The molecule has 1 aromatic carbocycles. The number of methoxy groups -OCH3 is 3. The van der Waals surface area contributed by atoms with Crippen LogP contribution in [0, 0.1) is 0 Å². The summed E-state index contributed by atoms with van der Waals surface area (Å²) in [6, 6.07) is 2.85. The van der Waals surface area contributed by atoms with Crippen LogP contribution in [0.1, 0.15) is 17.3 Å². The lowest BCUT2D eigenvalue weighted by molar-refractivity contribution is -0.452. The fraction of sp³-hybridized carbons (Fsp3) is 0.385. The standard InChI is InChI=1S/C13H16O9/c1-5-19-13(15)21-22-20-12(14)8-6-7-9(16-2)11(18-4)10(8)17-3/h6-7H,5H2,1-4H3. The first-order valence-corrected chi connectivity index (χ1v) is 6.10. The molecular formula is C13H16O9. The summed E-state index contributed by atoms with van der Waals surface area (Å²) in [5, 5.41) is 4.04. The molecule has 0 radical (unpaired) electrons. The van der Waals surface area contributed by atoms with Crippen LogP contribution in [0.15, 0.2) is 12.1 Å². The molecule has 1 rings (SSSR count). The van der Waals surface area contributed by atoms with E-state index in [0.29, 0.717) is 5.75 Å². The predicted molar refractivity (Wildman–Crippen MR) is 70.7 cm³/mol. The van der Waals surface area contributed by atoms with Crippen LogP contribution < -0.4 is 14.2 Å². The maximum absolute atomic E-state index is 11.9. The van der Waals surface area contributed by atoms with E-state index in [9.17, 15) is 9.59 Å². The number of ether oxygens (including phenoxy) is 4. The monoisotopic (exact) mass is 316 g/mol. The highest BCUT2D eigenvalue weighted by molar-refractivity contribution is 5.93. The fourth-order valence-electron chi connectivity index (χ4n) is 1.52. The summed E-state index contributed by atoms with van der Waals surface area (Å²) in [6.07, 6.45) is -1.14. The van der Waals surface area contributed by atoms with Gasteiger partial charge in [-0.1, -0.05) is 0 Å². The van der Waals surface area contributed by atoms with Gasteiger partial charge in [-0.3, -0.25) is 4.89 Å².